The predicted molar refractivity (Wildman–Crippen MR) is 37.0 cm³/mol. The molecule has 0 aromatic carbocycles. The van der Waals surface area contributed by atoms with Gasteiger partial charge in [-0.3, -0.25) is 5.10 Å². The zero-order chi connectivity index (χ0) is 6.69. The fourth-order valence-corrected chi connectivity index (χ4v) is 0.784. The number of hydrogen-bond donors (Lipinski definition) is 1. The first-order chi connectivity index (χ1) is 4.33. The molecule has 1 aromatic rings. The summed E-state index contributed by atoms with van der Waals surface area (Å²) in [6.07, 6.45) is 1.90. The Hall–Kier alpha value is -0.790. The molecule has 0 saturated heterocycles. The van der Waals surface area contributed by atoms with Crippen molar-refractivity contribution in [2.24, 2.45) is 0 Å². The van der Waals surface area contributed by atoms with Crippen molar-refractivity contribution in [3.05, 3.63) is 24.4 Å². The zero-order valence-corrected chi connectivity index (χ0v) is 5.65. The lowest BCUT2D eigenvalue weighted by atomic mass is 10.2. The first kappa shape index (κ1) is 6.33. The van der Waals surface area contributed by atoms with Crippen LogP contribution >= 0.6 is 0 Å². The van der Waals surface area contributed by atoms with Gasteiger partial charge in [0.05, 0.1) is 5.69 Å². The number of hydrogen-bond acceptors (Lipinski definition) is 1. The van der Waals surface area contributed by atoms with E-state index in [9.17, 15) is 0 Å². The Bertz CT molecular complexity index is 179. The van der Waals surface area contributed by atoms with Crippen molar-refractivity contribution in [2.45, 2.75) is 19.8 Å². The summed E-state index contributed by atoms with van der Waals surface area (Å²) < 4.78 is 0. The maximum Gasteiger partial charge on any atom is 0.0624 e. The molecule has 0 spiro atoms. The third-order valence-electron chi connectivity index (χ3n) is 1.19. The number of rotatable bonds is 2. The Kier molecular flexibility index (Phi) is 1.88. The molecule has 1 N–H and O–H groups in total. The Labute approximate surface area is 55.3 Å². The van der Waals surface area contributed by atoms with Crippen molar-refractivity contribution in [1.29, 1.82) is 0 Å². The highest BCUT2D eigenvalue weighted by Gasteiger charge is 1.93. The fraction of sp³-hybridized carbons (Fsp3) is 0.429. The summed E-state index contributed by atoms with van der Waals surface area (Å²) in [5.74, 6) is 0. The average Bonchev–Trinajstić information content (AvgIpc) is 2.17. The second-order valence-corrected chi connectivity index (χ2v) is 2.15. The molecular weight excluding hydrogens is 112 g/mol. The van der Waals surface area contributed by atoms with Crippen molar-refractivity contribution >= 4 is 0 Å². The van der Waals surface area contributed by atoms with Gasteiger partial charge in [-0.25, -0.2) is 0 Å². The monoisotopic (exact) mass is 123 g/mol. The minimum absolute atomic E-state index is 0.921. The van der Waals surface area contributed by atoms with Crippen molar-refractivity contribution in [1.82, 2.24) is 10.2 Å². The van der Waals surface area contributed by atoms with Crippen molar-refractivity contribution in [3.8, 4) is 0 Å². The van der Waals surface area contributed by atoms with E-state index >= 15 is 0 Å². The summed E-state index contributed by atoms with van der Waals surface area (Å²) in [6, 6.07) is 2.05. The third kappa shape index (κ3) is 1.56. The summed E-state index contributed by atoms with van der Waals surface area (Å²) in [7, 11) is 0. The number of aromatic nitrogens is 2. The molecule has 0 aliphatic heterocycles. The molecule has 0 atom stereocenters. The van der Waals surface area contributed by atoms with Crippen LogP contribution in [0.3, 0.4) is 0 Å². The Morgan fingerprint density at radius 2 is 2.56 bits per heavy atom. The van der Waals surface area contributed by atoms with E-state index in [1.54, 1.807) is 0 Å². The topological polar surface area (TPSA) is 28.7 Å². The molecule has 0 amide bonds. The van der Waals surface area contributed by atoms with Gasteiger partial charge >= 0.3 is 0 Å². The van der Waals surface area contributed by atoms with Crippen molar-refractivity contribution in [3.63, 3.8) is 0 Å². The van der Waals surface area contributed by atoms with Gasteiger partial charge in [-0.15, -0.1) is 0 Å². The van der Waals surface area contributed by atoms with Gasteiger partial charge in [0.15, 0.2) is 0 Å². The molecule has 0 aliphatic carbocycles. The van der Waals surface area contributed by atoms with Crippen LogP contribution in [0.1, 0.15) is 17.8 Å². The van der Waals surface area contributed by atoms with E-state index in [1.807, 2.05) is 13.0 Å². The first-order valence-electron chi connectivity index (χ1n) is 3.13. The van der Waals surface area contributed by atoms with Gasteiger partial charge in [-0.05, 0) is 25.8 Å². The standard InChI is InChI=1S/C7H11N2/c1-3-4-7-5-6(2)8-9-7/h5H,1,3-4H2,2H3,(H,8,9). The highest BCUT2D eigenvalue weighted by Crippen LogP contribution is 1.99. The summed E-state index contributed by atoms with van der Waals surface area (Å²) >= 11 is 0. The van der Waals surface area contributed by atoms with Crippen LogP contribution in [-0.4, -0.2) is 10.2 Å². The molecule has 1 rings (SSSR count). The Morgan fingerprint density at radius 3 is 3.00 bits per heavy atom. The SMILES string of the molecule is [CH2]CCc1cc(C)[nH]n1. The highest BCUT2D eigenvalue weighted by molar-refractivity contribution is 5.06. The number of nitrogens with one attached hydrogen (secondary N) is 1. The largest absolute Gasteiger partial charge is 0.283 e. The molecule has 0 bridgehead atoms. The van der Waals surface area contributed by atoms with Crippen molar-refractivity contribution < 1.29 is 0 Å². The van der Waals surface area contributed by atoms with Crippen LogP contribution < -0.4 is 0 Å². The van der Waals surface area contributed by atoms with Crippen LogP contribution in [-0.2, 0) is 6.42 Å². The van der Waals surface area contributed by atoms with E-state index in [4.69, 9.17) is 0 Å². The van der Waals surface area contributed by atoms with Gasteiger partial charge in [-0.1, -0.05) is 6.92 Å². The average molecular weight is 123 g/mol. The molecule has 0 fully saturated rings. The third-order valence-corrected chi connectivity index (χ3v) is 1.19. The minimum atomic E-state index is 0.921. The van der Waals surface area contributed by atoms with Gasteiger partial charge in [0.1, 0.15) is 0 Å². The number of aryl methyl sites for hydroxylation is 2. The van der Waals surface area contributed by atoms with E-state index in [0.717, 1.165) is 24.2 Å². The lowest BCUT2D eigenvalue weighted by Crippen LogP contribution is -1.80. The smallest absolute Gasteiger partial charge is 0.0624 e. The number of nitrogens with zero attached hydrogens (tertiary/aromatic N) is 1. The summed E-state index contributed by atoms with van der Waals surface area (Å²) in [4.78, 5) is 0. The molecule has 2 heteroatoms. The van der Waals surface area contributed by atoms with Crippen LogP contribution in [0.15, 0.2) is 6.07 Å². The lowest BCUT2D eigenvalue weighted by molar-refractivity contribution is 0.909. The molecule has 1 aromatic heterocycles. The number of aromatic amines is 1. The maximum atomic E-state index is 4.04. The molecular formula is C7H11N2. The van der Waals surface area contributed by atoms with Gasteiger partial charge < -0.3 is 0 Å². The van der Waals surface area contributed by atoms with Crippen molar-refractivity contribution in [2.75, 3.05) is 0 Å². The maximum absolute atomic E-state index is 4.04. The second kappa shape index (κ2) is 2.67. The predicted octanol–water partition coefficient (Wildman–Crippen LogP) is 1.48. The second-order valence-electron chi connectivity index (χ2n) is 2.15. The summed E-state index contributed by atoms with van der Waals surface area (Å²) in [5.41, 5.74) is 2.24. The summed E-state index contributed by atoms with van der Waals surface area (Å²) in [6.45, 7) is 5.74. The fourth-order valence-electron chi connectivity index (χ4n) is 0.784. The van der Waals surface area contributed by atoms with Crippen LogP contribution in [0.4, 0.5) is 0 Å². The Balaban J connectivity index is 2.61. The van der Waals surface area contributed by atoms with Gasteiger partial charge in [0, 0.05) is 5.69 Å². The van der Waals surface area contributed by atoms with E-state index in [1.165, 1.54) is 0 Å². The van der Waals surface area contributed by atoms with Crippen LogP contribution in [0.5, 0.6) is 0 Å². The molecule has 9 heavy (non-hydrogen) atoms. The van der Waals surface area contributed by atoms with Gasteiger partial charge in [-0.2, -0.15) is 5.10 Å². The first-order valence-corrected chi connectivity index (χ1v) is 3.13. The molecule has 1 heterocycles. The summed E-state index contributed by atoms with van der Waals surface area (Å²) in [5, 5.41) is 6.92. The minimum Gasteiger partial charge on any atom is -0.283 e. The van der Waals surface area contributed by atoms with E-state index in [2.05, 4.69) is 17.1 Å². The zero-order valence-electron chi connectivity index (χ0n) is 5.65. The quantitative estimate of drug-likeness (QED) is 0.634. The normalized spacial score (nSPS) is 10.0. The molecule has 49 valence electrons. The highest BCUT2D eigenvalue weighted by atomic mass is 15.1. The molecule has 0 unspecified atom stereocenters. The van der Waals surface area contributed by atoms with Gasteiger partial charge in [0.25, 0.3) is 0 Å². The number of H-pyrrole nitrogens is 1. The van der Waals surface area contributed by atoms with E-state index in [-0.39, 0.29) is 0 Å². The molecule has 0 saturated carbocycles. The lowest BCUT2D eigenvalue weighted by Gasteiger charge is -1.84. The molecule has 1 radical (unpaired) electrons. The van der Waals surface area contributed by atoms with Gasteiger partial charge in [0.2, 0.25) is 0 Å². The molecule has 0 aliphatic rings. The Morgan fingerprint density at radius 1 is 1.78 bits per heavy atom. The van der Waals surface area contributed by atoms with Crippen LogP contribution in [0.2, 0.25) is 0 Å². The van der Waals surface area contributed by atoms with E-state index < -0.39 is 0 Å². The molecule has 2 nitrogen and oxygen atoms in total. The van der Waals surface area contributed by atoms with E-state index in [0.29, 0.717) is 0 Å². The van der Waals surface area contributed by atoms with Crippen LogP contribution in [0.25, 0.3) is 0 Å². The van der Waals surface area contributed by atoms with Crippen LogP contribution in [0, 0.1) is 13.8 Å².